The fourth-order valence-corrected chi connectivity index (χ4v) is 1.74. The van der Waals surface area contributed by atoms with Crippen LogP contribution in [0, 0.1) is 0 Å². The Kier molecular flexibility index (Phi) is 16.6. The monoisotopic (exact) mass is 300 g/mol. The minimum absolute atomic E-state index is 0.00757. The van der Waals surface area contributed by atoms with Gasteiger partial charge < -0.3 is 5.11 Å². The normalized spacial score (nSPS) is 9.19. The van der Waals surface area contributed by atoms with Crippen LogP contribution in [0.1, 0.15) is 71.1 Å². The van der Waals surface area contributed by atoms with Crippen LogP contribution in [0.25, 0.3) is 0 Å². The van der Waals surface area contributed by atoms with Gasteiger partial charge in [-0.25, -0.2) is 0 Å². The zero-order valence-corrected chi connectivity index (χ0v) is 12.6. The van der Waals surface area contributed by atoms with Gasteiger partial charge in [0.25, 0.3) is 0 Å². The zero-order valence-electron chi connectivity index (χ0n) is 12.6. The van der Waals surface area contributed by atoms with Gasteiger partial charge in [0.05, 0.1) is 6.42 Å². The first-order valence-electron chi connectivity index (χ1n) is 7.22. The van der Waals surface area contributed by atoms with Crippen molar-refractivity contribution < 1.29 is 29.1 Å². The molecule has 0 heterocycles. The number of Topliss-reactive ketones (excluding diaryl/α,β-unsaturated/α-hetero) is 2. The number of aliphatic carboxylic acids is 1. The number of carbonyl (C=O) groups excluding carboxylic acids is 4. The van der Waals surface area contributed by atoms with Crippen LogP contribution in [0.2, 0.25) is 0 Å². The molecule has 120 valence electrons. The van der Waals surface area contributed by atoms with Crippen molar-refractivity contribution in [3.8, 4) is 0 Å². The number of unbranched alkanes of at least 4 members (excludes halogenated alkanes) is 4. The Morgan fingerprint density at radius 3 is 1.67 bits per heavy atom. The summed E-state index contributed by atoms with van der Waals surface area (Å²) < 4.78 is 0. The molecule has 0 saturated heterocycles. The van der Waals surface area contributed by atoms with Crippen LogP contribution < -0.4 is 0 Å². The molecule has 0 bridgehead atoms. The highest BCUT2D eigenvalue weighted by atomic mass is 16.4. The second-order valence-corrected chi connectivity index (χ2v) is 4.75. The summed E-state index contributed by atoms with van der Waals surface area (Å²) in [5, 5.41) is 8.43. The van der Waals surface area contributed by atoms with Crippen LogP contribution in [0.3, 0.4) is 0 Å². The van der Waals surface area contributed by atoms with E-state index in [-0.39, 0.29) is 30.6 Å². The molecule has 0 aromatic heterocycles. The molecule has 0 aliphatic heterocycles. The molecule has 0 spiro atoms. The van der Waals surface area contributed by atoms with Crippen LogP contribution >= 0.6 is 0 Å². The minimum atomic E-state index is -0.799. The average molecular weight is 300 g/mol. The maximum absolute atomic E-state index is 11.4. The summed E-state index contributed by atoms with van der Waals surface area (Å²) in [5.74, 6) is -0.766. The summed E-state index contributed by atoms with van der Waals surface area (Å²) >= 11 is 0. The van der Waals surface area contributed by atoms with Crippen molar-refractivity contribution in [2.75, 3.05) is 0 Å². The Morgan fingerprint density at radius 1 is 0.810 bits per heavy atom. The number of carbonyl (C=O) groups is 3. The van der Waals surface area contributed by atoms with E-state index in [0.717, 1.165) is 25.7 Å². The molecule has 6 nitrogen and oxygen atoms in total. The topological polar surface area (TPSA) is 106 Å². The van der Waals surface area contributed by atoms with E-state index < -0.39 is 5.97 Å². The van der Waals surface area contributed by atoms with Gasteiger partial charge in [0.2, 0.25) is 0 Å². The molecule has 1 N–H and O–H groups in total. The maximum Gasteiger partial charge on any atom is 0.373 e. The molecule has 0 aliphatic carbocycles. The van der Waals surface area contributed by atoms with Gasteiger partial charge in [0.1, 0.15) is 11.6 Å². The lowest BCUT2D eigenvalue weighted by atomic mass is 10.0. The maximum atomic E-state index is 11.4. The number of carboxylic acids is 1. The predicted octanol–water partition coefficient (Wildman–Crippen LogP) is 2.55. The number of hydrogen-bond donors (Lipinski definition) is 1. The molecule has 0 radical (unpaired) electrons. The van der Waals surface area contributed by atoms with Gasteiger partial charge >= 0.3 is 12.1 Å². The molecule has 0 amide bonds. The van der Waals surface area contributed by atoms with E-state index in [4.69, 9.17) is 14.7 Å². The molecule has 0 saturated carbocycles. The first-order valence-corrected chi connectivity index (χ1v) is 7.22. The summed E-state index contributed by atoms with van der Waals surface area (Å²) in [6.07, 6.45) is 6.40. The smallest absolute Gasteiger partial charge is 0.373 e. The van der Waals surface area contributed by atoms with Crippen molar-refractivity contribution in [2.24, 2.45) is 0 Å². The molecular formula is C15H24O6. The summed E-state index contributed by atoms with van der Waals surface area (Å²) in [6.45, 7) is 2.08. The first kappa shape index (κ1) is 21.5. The van der Waals surface area contributed by atoms with Crippen LogP contribution in [0.15, 0.2) is 0 Å². The van der Waals surface area contributed by atoms with E-state index in [1.165, 1.54) is 0 Å². The second-order valence-electron chi connectivity index (χ2n) is 4.75. The van der Waals surface area contributed by atoms with Crippen molar-refractivity contribution in [2.45, 2.75) is 71.1 Å². The minimum Gasteiger partial charge on any atom is -0.481 e. The number of carboxylic acid groups (broad SMARTS) is 1. The van der Waals surface area contributed by atoms with Crippen molar-refractivity contribution in [1.82, 2.24) is 0 Å². The molecule has 21 heavy (non-hydrogen) atoms. The van der Waals surface area contributed by atoms with Gasteiger partial charge in [0.15, 0.2) is 0 Å². The van der Waals surface area contributed by atoms with Gasteiger partial charge in [0, 0.05) is 19.3 Å². The lowest BCUT2D eigenvalue weighted by molar-refractivity contribution is -0.191. The van der Waals surface area contributed by atoms with Gasteiger partial charge in [-0.05, 0) is 19.3 Å². The third kappa shape index (κ3) is 20.7. The Labute approximate surface area is 124 Å². The summed E-state index contributed by atoms with van der Waals surface area (Å²) in [4.78, 5) is 49.4. The van der Waals surface area contributed by atoms with Gasteiger partial charge in [-0.3, -0.25) is 14.4 Å². The molecule has 0 aromatic carbocycles. The number of rotatable bonds is 12. The molecule has 0 fully saturated rings. The average Bonchev–Trinajstić information content (AvgIpc) is 2.39. The standard InChI is InChI=1S/C14H24O4.CO2/c1-2-3-5-8-12(15)11-13(16)9-6-4-7-10-14(17)18;2-1-3/h2-11H2,1H3,(H,17,18);. The molecular weight excluding hydrogens is 276 g/mol. The highest BCUT2D eigenvalue weighted by Crippen LogP contribution is 2.07. The highest BCUT2D eigenvalue weighted by molar-refractivity contribution is 5.98. The Morgan fingerprint density at radius 2 is 1.24 bits per heavy atom. The largest absolute Gasteiger partial charge is 0.481 e. The Bertz CT molecular complexity index is 342. The molecule has 0 aliphatic rings. The lowest BCUT2D eigenvalue weighted by Crippen LogP contribution is -2.07. The molecule has 6 heteroatoms. The zero-order chi connectivity index (χ0) is 16.5. The predicted molar refractivity (Wildman–Crippen MR) is 74.5 cm³/mol. The fraction of sp³-hybridized carbons (Fsp3) is 0.733. The fourth-order valence-electron chi connectivity index (χ4n) is 1.74. The third-order valence-electron chi connectivity index (χ3n) is 2.80. The van der Waals surface area contributed by atoms with E-state index in [1.54, 1.807) is 0 Å². The van der Waals surface area contributed by atoms with Gasteiger partial charge in [-0.1, -0.05) is 26.2 Å². The number of ketones is 2. The Hall–Kier alpha value is -1.81. The van der Waals surface area contributed by atoms with Crippen molar-refractivity contribution in [3.05, 3.63) is 0 Å². The van der Waals surface area contributed by atoms with Gasteiger partial charge in [-0.15, -0.1) is 0 Å². The summed E-state index contributed by atoms with van der Waals surface area (Å²) in [5.41, 5.74) is 0. The van der Waals surface area contributed by atoms with E-state index >= 15 is 0 Å². The Balaban J connectivity index is 0. The van der Waals surface area contributed by atoms with Crippen LogP contribution in [0.4, 0.5) is 0 Å². The van der Waals surface area contributed by atoms with Gasteiger partial charge in [-0.2, -0.15) is 9.59 Å². The van der Waals surface area contributed by atoms with Crippen LogP contribution in [-0.4, -0.2) is 28.8 Å². The van der Waals surface area contributed by atoms with Crippen molar-refractivity contribution in [3.63, 3.8) is 0 Å². The first-order chi connectivity index (χ1) is 9.97. The van der Waals surface area contributed by atoms with Crippen molar-refractivity contribution in [1.29, 1.82) is 0 Å². The molecule has 0 unspecified atom stereocenters. The van der Waals surface area contributed by atoms with Crippen molar-refractivity contribution >= 4 is 23.7 Å². The molecule has 0 aromatic rings. The summed E-state index contributed by atoms with van der Waals surface area (Å²) in [6, 6.07) is 0. The quantitative estimate of drug-likeness (QED) is 0.438. The SMILES string of the molecule is CCCCCC(=O)CC(=O)CCCCCC(=O)O.O=C=O. The second kappa shape index (κ2) is 16.2. The summed E-state index contributed by atoms with van der Waals surface area (Å²) in [7, 11) is 0. The van der Waals surface area contributed by atoms with E-state index in [2.05, 4.69) is 6.92 Å². The van der Waals surface area contributed by atoms with E-state index in [9.17, 15) is 14.4 Å². The lowest BCUT2D eigenvalue weighted by Gasteiger charge is -2.01. The van der Waals surface area contributed by atoms with E-state index in [1.807, 2.05) is 0 Å². The van der Waals surface area contributed by atoms with Crippen LogP contribution in [-0.2, 0) is 24.0 Å². The van der Waals surface area contributed by atoms with E-state index in [0.29, 0.717) is 25.7 Å². The number of hydrogen-bond acceptors (Lipinski definition) is 5. The molecule has 0 atom stereocenters. The van der Waals surface area contributed by atoms with Crippen LogP contribution in [0.5, 0.6) is 0 Å². The third-order valence-corrected chi connectivity index (χ3v) is 2.80. The molecule has 0 rings (SSSR count). The highest BCUT2D eigenvalue weighted by Gasteiger charge is 2.09.